The maximum atomic E-state index is 12.4. The van der Waals surface area contributed by atoms with Crippen molar-refractivity contribution in [1.29, 1.82) is 5.26 Å². The van der Waals surface area contributed by atoms with Gasteiger partial charge < -0.3 is 19.3 Å². The van der Waals surface area contributed by atoms with Gasteiger partial charge in [0.15, 0.2) is 0 Å². The number of ether oxygens (including phenoxy) is 2. The molecule has 0 atom stereocenters. The molecule has 11 heteroatoms. The van der Waals surface area contributed by atoms with E-state index in [0.717, 1.165) is 5.56 Å². The van der Waals surface area contributed by atoms with Crippen LogP contribution in [0.2, 0.25) is 0 Å². The van der Waals surface area contributed by atoms with Crippen LogP contribution in [0.4, 0.5) is 16.3 Å². The highest BCUT2D eigenvalue weighted by molar-refractivity contribution is 5.71. The Labute approximate surface area is 197 Å². The first-order valence-corrected chi connectivity index (χ1v) is 10.7. The second-order valence-electron chi connectivity index (χ2n) is 8.88. The predicted molar refractivity (Wildman–Crippen MR) is 125 cm³/mol. The second-order valence-corrected chi connectivity index (χ2v) is 8.88. The molecule has 0 spiro atoms. The number of nitriles is 1. The minimum atomic E-state index is -0.625. The zero-order chi connectivity index (χ0) is 25.0. The van der Waals surface area contributed by atoms with Crippen LogP contribution in [0.1, 0.15) is 32.0 Å². The maximum Gasteiger partial charge on any atom is 0.410 e. The van der Waals surface area contributed by atoms with Crippen molar-refractivity contribution >= 4 is 17.6 Å². The van der Waals surface area contributed by atoms with Crippen LogP contribution in [-0.2, 0) is 11.3 Å². The first-order chi connectivity index (χ1) is 16.1. The van der Waals surface area contributed by atoms with Crippen LogP contribution in [0.15, 0.2) is 36.9 Å². The molecule has 1 aromatic heterocycles. The van der Waals surface area contributed by atoms with Crippen molar-refractivity contribution in [3.8, 4) is 11.8 Å². The molecule has 2 heterocycles. The highest BCUT2D eigenvalue weighted by atomic mass is 16.6. The van der Waals surface area contributed by atoms with E-state index in [0.29, 0.717) is 18.8 Å². The molecule has 0 saturated carbocycles. The average molecular weight is 469 g/mol. The molecule has 11 nitrogen and oxygen atoms in total. The van der Waals surface area contributed by atoms with Crippen molar-refractivity contribution in [2.24, 2.45) is 0 Å². The SMILES string of the molecule is C=CCN(c1c([N+](=O)[O-])c(C#N)nn1Cc1ccc(OC)cc1)C1CN(C(=O)OC(C)(C)C)C1. The summed E-state index contributed by atoms with van der Waals surface area (Å²) in [6.07, 6.45) is 1.18. The van der Waals surface area contributed by atoms with Gasteiger partial charge in [-0.3, -0.25) is 10.1 Å². The van der Waals surface area contributed by atoms with Gasteiger partial charge in [0.05, 0.1) is 24.6 Å². The van der Waals surface area contributed by atoms with Crippen molar-refractivity contribution < 1.29 is 19.2 Å². The van der Waals surface area contributed by atoms with E-state index in [1.54, 1.807) is 51.0 Å². The average Bonchev–Trinajstić information content (AvgIpc) is 3.09. The minimum Gasteiger partial charge on any atom is -0.497 e. The van der Waals surface area contributed by atoms with E-state index in [1.807, 2.05) is 18.2 Å². The van der Waals surface area contributed by atoms with Crippen molar-refractivity contribution in [2.75, 3.05) is 31.6 Å². The molecule has 0 aliphatic carbocycles. The topological polar surface area (TPSA) is 127 Å². The van der Waals surface area contributed by atoms with Gasteiger partial charge in [-0.05, 0) is 38.5 Å². The summed E-state index contributed by atoms with van der Waals surface area (Å²) in [5, 5.41) is 25.7. The molecule has 1 aliphatic heterocycles. The number of benzene rings is 1. The number of aromatic nitrogens is 2. The quantitative estimate of drug-likeness (QED) is 0.328. The van der Waals surface area contributed by atoms with E-state index in [4.69, 9.17) is 9.47 Å². The molecule has 1 aliphatic rings. The first-order valence-electron chi connectivity index (χ1n) is 10.7. The molecule has 0 radical (unpaired) electrons. The van der Waals surface area contributed by atoms with Gasteiger partial charge in [0.2, 0.25) is 11.5 Å². The van der Waals surface area contributed by atoms with Crippen LogP contribution in [0.3, 0.4) is 0 Å². The van der Waals surface area contributed by atoms with E-state index >= 15 is 0 Å². The summed E-state index contributed by atoms with van der Waals surface area (Å²) in [4.78, 5) is 27.1. The van der Waals surface area contributed by atoms with Crippen molar-refractivity contribution in [3.63, 3.8) is 0 Å². The number of carbonyl (C=O) groups excluding carboxylic acids is 1. The molecule has 0 unspecified atom stereocenters. The fraction of sp³-hybridized carbons (Fsp3) is 0.435. The first kappa shape index (κ1) is 24.6. The molecule has 1 amide bonds. The van der Waals surface area contributed by atoms with E-state index in [9.17, 15) is 20.2 Å². The summed E-state index contributed by atoms with van der Waals surface area (Å²) in [5.74, 6) is 0.879. The molecular weight excluding hydrogens is 440 g/mol. The Bertz CT molecular complexity index is 1110. The van der Waals surface area contributed by atoms with E-state index < -0.39 is 16.6 Å². The summed E-state index contributed by atoms with van der Waals surface area (Å²) >= 11 is 0. The van der Waals surface area contributed by atoms with E-state index in [2.05, 4.69) is 11.7 Å². The summed E-state index contributed by atoms with van der Waals surface area (Å²) in [5.41, 5.74) is -0.438. The molecule has 0 bridgehead atoms. The van der Waals surface area contributed by atoms with Gasteiger partial charge in [0.1, 0.15) is 17.4 Å². The van der Waals surface area contributed by atoms with Gasteiger partial charge >= 0.3 is 11.8 Å². The maximum absolute atomic E-state index is 12.4. The Morgan fingerprint density at radius 2 is 2.03 bits per heavy atom. The van der Waals surface area contributed by atoms with Crippen molar-refractivity contribution in [2.45, 2.75) is 39.0 Å². The van der Waals surface area contributed by atoms with E-state index in [1.165, 1.54) is 9.58 Å². The van der Waals surface area contributed by atoms with Crippen LogP contribution < -0.4 is 9.64 Å². The highest BCUT2D eigenvalue weighted by Gasteiger charge is 2.41. The lowest BCUT2D eigenvalue weighted by Crippen LogP contribution is -2.62. The van der Waals surface area contributed by atoms with Crippen LogP contribution in [-0.4, -0.2) is 64.1 Å². The second kappa shape index (κ2) is 9.82. The zero-order valence-electron chi connectivity index (χ0n) is 19.7. The smallest absolute Gasteiger partial charge is 0.410 e. The Balaban J connectivity index is 1.94. The number of anilines is 1. The molecular formula is C23H28N6O5. The number of nitrogens with zero attached hydrogens (tertiary/aromatic N) is 6. The normalized spacial score (nSPS) is 13.6. The van der Waals surface area contributed by atoms with Crippen LogP contribution in [0, 0.1) is 21.4 Å². The molecule has 180 valence electrons. The Morgan fingerprint density at radius 3 is 2.53 bits per heavy atom. The number of amides is 1. The largest absolute Gasteiger partial charge is 0.497 e. The molecule has 1 fully saturated rings. The molecule has 3 rings (SSSR count). The fourth-order valence-corrected chi connectivity index (χ4v) is 3.66. The summed E-state index contributed by atoms with van der Waals surface area (Å²) in [6.45, 7) is 10.3. The molecule has 34 heavy (non-hydrogen) atoms. The predicted octanol–water partition coefficient (Wildman–Crippen LogP) is 3.33. The summed E-state index contributed by atoms with van der Waals surface area (Å²) < 4.78 is 12.0. The molecule has 0 N–H and O–H groups in total. The lowest BCUT2D eigenvalue weighted by atomic mass is 10.1. The van der Waals surface area contributed by atoms with Gasteiger partial charge in [0, 0.05) is 19.6 Å². The fourth-order valence-electron chi connectivity index (χ4n) is 3.66. The third-order valence-corrected chi connectivity index (χ3v) is 5.23. The number of hydrogen-bond acceptors (Lipinski definition) is 8. The van der Waals surface area contributed by atoms with Crippen molar-refractivity contribution in [1.82, 2.24) is 14.7 Å². The molecule has 1 aromatic carbocycles. The lowest BCUT2D eigenvalue weighted by molar-refractivity contribution is -0.384. The third-order valence-electron chi connectivity index (χ3n) is 5.23. The monoisotopic (exact) mass is 468 g/mol. The third kappa shape index (κ3) is 5.28. The Hall–Kier alpha value is -4.07. The van der Waals surface area contributed by atoms with Gasteiger partial charge in [-0.25, -0.2) is 9.48 Å². The number of hydrogen-bond donors (Lipinski definition) is 0. The number of methoxy groups -OCH3 is 1. The standard InChI is InChI=1S/C23H28N6O5/c1-6-11-27(17-14-26(15-17)22(30)34-23(2,3)4)21-20(29(31)32)19(12-24)25-28(21)13-16-7-9-18(33-5)10-8-16/h6-10,17H,1,11,13-15H2,2-5H3. The number of rotatable bonds is 8. The molecule has 2 aromatic rings. The zero-order valence-corrected chi connectivity index (χ0v) is 19.7. The molecule has 1 saturated heterocycles. The Morgan fingerprint density at radius 1 is 1.38 bits per heavy atom. The number of likely N-dealkylation sites (tertiary alicyclic amines) is 1. The summed E-state index contributed by atoms with van der Waals surface area (Å²) in [6, 6.07) is 8.82. The summed E-state index contributed by atoms with van der Waals surface area (Å²) in [7, 11) is 1.56. The van der Waals surface area contributed by atoms with Gasteiger partial charge in [0.25, 0.3) is 0 Å². The number of carbonyl (C=O) groups is 1. The van der Waals surface area contributed by atoms with Gasteiger partial charge in [-0.1, -0.05) is 18.2 Å². The van der Waals surface area contributed by atoms with Crippen molar-refractivity contribution in [3.05, 3.63) is 58.3 Å². The highest BCUT2D eigenvalue weighted by Crippen LogP contribution is 2.35. The van der Waals surface area contributed by atoms with Crippen LogP contribution in [0.25, 0.3) is 0 Å². The van der Waals surface area contributed by atoms with Gasteiger partial charge in [-0.2, -0.15) is 10.4 Å². The number of nitro groups is 1. The van der Waals surface area contributed by atoms with Gasteiger partial charge in [-0.15, -0.1) is 6.58 Å². The van der Waals surface area contributed by atoms with Crippen LogP contribution >= 0.6 is 0 Å². The van der Waals surface area contributed by atoms with Crippen LogP contribution in [0.5, 0.6) is 5.75 Å². The lowest BCUT2D eigenvalue weighted by Gasteiger charge is -2.45. The van der Waals surface area contributed by atoms with E-state index in [-0.39, 0.29) is 36.3 Å². The minimum absolute atomic E-state index is 0.200. The Kier molecular flexibility index (Phi) is 7.10.